The van der Waals surface area contributed by atoms with Crippen LogP contribution in [0.5, 0.6) is 28.7 Å². The van der Waals surface area contributed by atoms with Crippen LogP contribution >= 0.6 is 11.6 Å². The zero-order valence-corrected chi connectivity index (χ0v) is 25.6. The van der Waals surface area contributed by atoms with E-state index >= 15 is 0 Å². The van der Waals surface area contributed by atoms with Gasteiger partial charge in [-0.2, -0.15) is 0 Å². The normalized spacial score (nSPS) is 19.1. The molecule has 5 N–H and O–H groups in total. The second kappa shape index (κ2) is 12.6. The van der Waals surface area contributed by atoms with Crippen molar-refractivity contribution in [2.75, 3.05) is 39.3 Å². The Morgan fingerprint density at radius 2 is 1.16 bits per heavy atom. The maximum Gasteiger partial charge on any atom is 0.176 e. The van der Waals surface area contributed by atoms with Gasteiger partial charge in [0.15, 0.2) is 11.5 Å². The van der Waals surface area contributed by atoms with Crippen molar-refractivity contribution in [2.45, 2.75) is 38.0 Å². The lowest BCUT2D eigenvalue weighted by Gasteiger charge is -2.28. The molecular formula is C36H39ClN2O5. The van der Waals surface area contributed by atoms with Gasteiger partial charge in [0.25, 0.3) is 0 Å². The summed E-state index contributed by atoms with van der Waals surface area (Å²) >= 11 is 6.56. The molecule has 0 amide bonds. The number of aromatic hydroxyl groups is 5. The van der Waals surface area contributed by atoms with E-state index in [4.69, 9.17) is 11.6 Å². The number of hydrogen-bond donors (Lipinski definition) is 5. The minimum absolute atomic E-state index is 0.0768. The van der Waals surface area contributed by atoms with Crippen LogP contribution in [0.3, 0.4) is 0 Å². The molecule has 0 spiro atoms. The van der Waals surface area contributed by atoms with Crippen LogP contribution < -0.4 is 0 Å². The van der Waals surface area contributed by atoms with E-state index in [0.717, 1.165) is 85.5 Å². The first-order valence-corrected chi connectivity index (χ1v) is 15.6. The SMILES string of the molecule is Cc1cc(O)cc2c1CCN(CCCN1CCc3c(cc(O)c(O)c3Cl)C(c3ccc(O)cc3)C1)CC2c1ccc(O)cc1. The monoisotopic (exact) mass is 614 g/mol. The summed E-state index contributed by atoms with van der Waals surface area (Å²) in [7, 11) is 0. The van der Waals surface area contributed by atoms with Crippen molar-refractivity contribution in [2.24, 2.45) is 0 Å². The summed E-state index contributed by atoms with van der Waals surface area (Å²) in [6, 6.07) is 20.0. The highest BCUT2D eigenvalue weighted by molar-refractivity contribution is 6.33. The number of hydrogen-bond acceptors (Lipinski definition) is 7. The number of fused-ring (bicyclic) bond motifs is 2. The van der Waals surface area contributed by atoms with Crippen molar-refractivity contribution in [1.29, 1.82) is 0 Å². The highest BCUT2D eigenvalue weighted by Gasteiger charge is 2.30. The van der Waals surface area contributed by atoms with Gasteiger partial charge in [-0.25, -0.2) is 0 Å². The van der Waals surface area contributed by atoms with Crippen molar-refractivity contribution in [3.8, 4) is 28.7 Å². The molecule has 4 aromatic carbocycles. The van der Waals surface area contributed by atoms with Crippen molar-refractivity contribution in [1.82, 2.24) is 9.80 Å². The van der Waals surface area contributed by atoms with Gasteiger partial charge in [0.1, 0.15) is 17.2 Å². The van der Waals surface area contributed by atoms with E-state index in [1.165, 1.54) is 5.56 Å². The van der Waals surface area contributed by atoms with Gasteiger partial charge >= 0.3 is 0 Å². The molecule has 6 rings (SSSR count). The molecule has 0 aromatic heterocycles. The van der Waals surface area contributed by atoms with Crippen molar-refractivity contribution in [3.63, 3.8) is 0 Å². The van der Waals surface area contributed by atoms with Gasteiger partial charge in [0.05, 0.1) is 5.02 Å². The molecule has 0 radical (unpaired) electrons. The average Bonchev–Trinajstić information content (AvgIpc) is 3.29. The largest absolute Gasteiger partial charge is 0.508 e. The minimum atomic E-state index is -0.280. The molecule has 0 fully saturated rings. The molecule has 230 valence electrons. The Balaban J connectivity index is 1.20. The summed E-state index contributed by atoms with van der Waals surface area (Å²) in [4.78, 5) is 4.93. The Labute approximate surface area is 263 Å². The first kappa shape index (κ1) is 30.1. The minimum Gasteiger partial charge on any atom is -0.508 e. The molecule has 2 aliphatic rings. The highest BCUT2D eigenvalue weighted by Crippen LogP contribution is 2.44. The Morgan fingerprint density at radius 3 is 1.70 bits per heavy atom. The third kappa shape index (κ3) is 6.18. The first-order valence-electron chi connectivity index (χ1n) is 15.3. The Kier molecular flexibility index (Phi) is 8.63. The van der Waals surface area contributed by atoms with Gasteiger partial charge in [0, 0.05) is 38.0 Å². The summed E-state index contributed by atoms with van der Waals surface area (Å²) in [6.07, 6.45) is 2.51. The van der Waals surface area contributed by atoms with E-state index in [1.807, 2.05) is 36.4 Å². The lowest BCUT2D eigenvalue weighted by molar-refractivity contribution is 0.228. The van der Waals surface area contributed by atoms with Gasteiger partial charge in [0.2, 0.25) is 0 Å². The number of benzene rings is 4. The molecule has 2 heterocycles. The standard InChI is InChI=1S/C36H39ClN2O5/c1-22-17-27(42)18-30-28(22)11-15-38(20-32(30)23-3-7-25(40)8-4-23)13-2-14-39-16-12-29-31(19-34(43)36(44)35(29)37)33(21-39)24-5-9-26(41)10-6-24/h3-10,17-19,32-33,40-44H,2,11-16,20-21H2,1H3. The van der Waals surface area contributed by atoms with E-state index < -0.39 is 0 Å². The van der Waals surface area contributed by atoms with Crippen molar-refractivity contribution >= 4 is 11.6 Å². The number of phenols is 5. The number of rotatable bonds is 6. The van der Waals surface area contributed by atoms with E-state index in [1.54, 1.807) is 30.3 Å². The zero-order valence-electron chi connectivity index (χ0n) is 24.9. The van der Waals surface area contributed by atoms with Crippen LogP contribution in [-0.4, -0.2) is 74.6 Å². The van der Waals surface area contributed by atoms with Crippen LogP contribution in [-0.2, 0) is 12.8 Å². The topological polar surface area (TPSA) is 108 Å². The van der Waals surface area contributed by atoms with Gasteiger partial charge in [-0.3, -0.25) is 0 Å². The highest BCUT2D eigenvalue weighted by atomic mass is 35.5. The average molecular weight is 615 g/mol. The van der Waals surface area contributed by atoms with E-state index in [-0.39, 0.29) is 45.6 Å². The first-order chi connectivity index (χ1) is 21.2. The summed E-state index contributed by atoms with van der Waals surface area (Å²) in [5.41, 5.74) is 7.42. The zero-order chi connectivity index (χ0) is 31.0. The molecule has 7 nitrogen and oxygen atoms in total. The Morgan fingerprint density at radius 1 is 0.659 bits per heavy atom. The molecule has 2 aliphatic heterocycles. The predicted octanol–water partition coefficient (Wildman–Crippen LogP) is 6.25. The van der Waals surface area contributed by atoms with Crippen LogP contribution in [0.2, 0.25) is 5.02 Å². The fourth-order valence-corrected chi connectivity index (χ4v) is 7.37. The fourth-order valence-electron chi connectivity index (χ4n) is 7.07. The predicted molar refractivity (Wildman–Crippen MR) is 172 cm³/mol. The molecular weight excluding hydrogens is 576 g/mol. The number of halogens is 1. The quantitative estimate of drug-likeness (QED) is 0.164. The second-order valence-electron chi connectivity index (χ2n) is 12.2. The molecule has 44 heavy (non-hydrogen) atoms. The van der Waals surface area contributed by atoms with E-state index in [9.17, 15) is 25.5 Å². The third-order valence-corrected chi connectivity index (χ3v) is 9.78. The van der Waals surface area contributed by atoms with Gasteiger partial charge in [-0.1, -0.05) is 35.9 Å². The number of nitrogens with zero attached hydrogens (tertiary/aromatic N) is 2. The summed E-state index contributed by atoms with van der Waals surface area (Å²) in [5, 5.41) is 51.3. The number of aryl methyl sites for hydroxylation is 1. The Bertz CT molecular complexity index is 1640. The maximum atomic E-state index is 10.5. The fraction of sp³-hybridized carbons (Fsp3) is 0.333. The molecule has 0 saturated carbocycles. The van der Waals surface area contributed by atoms with Gasteiger partial charge in [-0.05, 0) is 121 Å². The Hall–Kier alpha value is -3.91. The molecule has 0 bridgehead atoms. The lowest BCUT2D eigenvalue weighted by atomic mass is 9.86. The van der Waals surface area contributed by atoms with Crippen LogP contribution in [0.4, 0.5) is 0 Å². The van der Waals surface area contributed by atoms with Crippen LogP contribution in [0.25, 0.3) is 0 Å². The van der Waals surface area contributed by atoms with E-state index in [0.29, 0.717) is 6.42 Å². The van der Waals surface area contributed by atoms with Crippen LogP contribution in [0.1, 0.15) is 57.2 Å². The third-order valence-electron chi connectivity index (χ3n) is 9.38. The molecule has 0 aliphatic carbocycles. The van der Waals surface area contributed by atoms with Crippen molar-refractivity contribution < 1.29 is 25.5 Å². The maximum absolute atomic E-state index is 10.5. The van der Waals surface area contributed by atoms with Gasteiger partial charge in [-0.15, -0.1) is 0 Å². The van der Waals surface area contributed by atoms with Crippen molar-refractivity contribution in [3.05, 3.63) is 111 Å². The molecule has 0 saturated heterocycles. The van der Waals surface area contributed by atoms with Crippen LogP contribution in [0.15, 0.2) is 66.7 Å². The summed E-state index contributed by atoms with van der Waals surface area (Å²) in [6.45, 7) is 7.06. The summed E-state index contributed by atoms with van der Waals surface area (Å²) < 4.78 is 0. The smallest absolute Gasteiger partial charge is 0.176 e. The van der Waals surface area contributed by atoms with E-state index in [2.05, 4.69) is 16.7 Å². The number of phenolic OH excluding ortho intramolecular Hbond substituents is 5. The molecule has 2 atom stereocenters. The molecule has 8 heteroatoms. The van der Waals surface area contributed by atoms with Gasteiger partial charge < -0.3 is 35.3 Å². The summed E-state index contributed by atoms with van der Waals surface area (Å²) in [5.74, 6) is 0.208. The second-order valence-corrected chi connectivity index (χ2v) is 12.6. The lowest BCUT2D eigenvalue weighted by Crippen LogP contribution is -2.34. The molecule has 4 aromatic rings. The molecule has 2 unspecified atom stereocenters. The van der Waals surface area contributed by atoms with Crippen LogP contribution in [0, 0.1) is 6.92 Å².